The quantitative estimate of drug-likeness (QED) is 0.366. The molecule has 0 fully saturated rings. The number of hydrogen-bond acceptors (Lipinski definition) is 5. The van der Waals surface area contributed by atoms with Crippen LogP contribution in [0.5, 0.6) is 0 Å². The molecular formula is C30H25ClN2O5. The van der Waals surface area contributed by atoms with Crippen molar-refractivity contribution in [2.75, 3.05) is 25.2 Å². The smallest absolute Gasteiger partial charge is 0.291 e. The molecule has 1 spiro atoms. The van der Waals surface area contributed by atoms with Crippen LogP contribution in [0.3, 0.4) is 0 Å². The minimum atomic E-state index is -1.68. The molecule has 0 saturated carbocycles. The van der Waals surface area contributed by atoms with E-state index in [4.69, 9.17) is 20.8 Å². The van der Waals surface area contributed by atoms with Crippen molar-refractivity contribution in [1.82, 2.24) is 4.90 Å². The van der Waals surface area contributed by atoms with Gasteiger partial charge in [0.2, 0.25) is 5.76 Å². The van der Waals surface area contributed by atoms with Gasteiger partial charge in [-0.15, -0.1) is 0 Å². The number of hydrogen-bond donors (Lipinski definition) is 0. The number of para-hydroxylation sites is 1. The third kappa shape index (κ3) is 3.22. The minimum Gasteiger partial charge on any atom is -0.450 e. The van der Waals surface area contributed by atoms with Crippen molar-refractivity contribution >= 4 is 40.1 Å². The lowest BCUT2D eigenvalue weighted by molar-refractivity contribution is -0.126. The maximum atomic E-state index is 14.7. The third-order valence-electron chi connectivity index (χ3n) is 7.66. The van der Waals surface area contributed by atoms with Gasteiger partial charge in [-0.25, -0.2) is 0 Å². The molecule has 192 valence electrons. The molecule has 7 nitrogen and oxygen atoms in total. The second-order valence-corrected chi connectivity index (χ2v) is 10.1. The van der Waals surface area contributed by atoms with Gasteiger partial charge in [-0.05, 0) is 54.8 Å². The van der Waals surface area contributed by atoms with E-state index in [1.165, 1.54) is 12.0 Å². The number of rotatable bonds is 5. The van der Waals surface area contributed by atoms with E-state index in [-0.39, 0.29) is 36.4 Å². The van der Waals surface area contributed by atoms with Crippen LogP contribution in [0.4, 0.5) is 5.69 Å². The Labute approximate surface area is 224 Å². The summed E-state index contributed by atoms with van der Waals surface area (Å²) in [5.74, 6) is -1.03. The maximum absolute atomic E-state index is 14.7. The summed E-state index contributed by atoms with van der Waals surface area (Å²) in [4.78, 5) is 45.8. The van der Waals surface area contributed by atoms with E-state index in [1.807, 2.05) is 44.2 Å². The molecule has 0 aliphatic carbocycles. The van der Waals surface area contributed by atoms with Gasteiger partial charge in [-0.3, -0.25) is 14.4 Å². The van der Waals surface area contributed by atoms with E-state index in [0.717, 1.165) is 16.7 Å². The normalized spacial score (nSPS) is 18.1. The fourth-order valence-corrected chi connectivity index (χ4v) is 5.88. The number of carbonyl (C=O) groups is 2. The summed E-state index contributed by atoms with van der Waals surface area (Å²) in [7, 11) is 1.53. The van der Waals surface area contributed by atoms with Crippen molar-refractivity contribution in [3.63, 3.8) is 0 Å². The third-order valence-corrected chi connectivity index (χ3v) is 8.03. The van der Waals surface area contributed by atoms with Crippen molar-refractivity contribution in [2.24, 2.45) is 0 Å². The molecule has 0 radical (unpaired) electrons. The first-order valence-electron chi connectivity index (χ1n) is 12.3. The number of methoxy groups -OCH3 is 1. The zero-order valence-corrected chi connectivity index (χ0v) is 22.0. The topological polar surface area (TPSA) is 80.1 Å². The van der Waals surface area contributed by atoms with Crippen LogP contribution in [-0.4, -0.2) is 37.0 Å². The lowest BCUT2D eigenvalue weighted by Gasteiger charge is -2.34. The van der Waals surface area contributed by atoms with Crippen LogP contribution in [0.2, 0.25) is 5.02 Å². The predicted octanol–water partition coefficient (Wildman–Crippen LogP) is 4.96. The SMILES string of the molecule is COCCN1C(=O)c2oc3cc(C)c(C)cc3c(=O)c2C12C(=O)N(Cc1ccccc1Cl)c1ccccc12. The number of anilines is 1. The van der Waals surface area contributed by atoms with Gasteiger partial charge in [-0.1, -0.05) is 48.0 Å². The molecular weight excluding hydrogens is 504 g/mol. The summed E-state index contributed by atoms with van der Waals surface area (Å²) < 4.78 is 11.5. The zero-order chi connectivity index (χ0) is 26.8. The first-order valence-corrected chi connectivity index (χ1v) is 12.7. The van der Waals surface area contributed by atoms with Gasteiger partial charge in [-0.2, -0.15) is 0 Å². The highest BCUT2D eigenvalue weighted by molar-refractivity contribution is 6.31. The summed E-state index contributed by atoms with van der Waals surface area (Å²) in [5, 5.41) is 0.858. The Hall–Kier alpha value is -3.94. The second kappa shape index (κ2) is 8.82. The Morgan fingerprint density at radius 1 is 0.974 bits per heavy atom. The van der Waals surface area contributed by atoms with Crippen molar-refractivity contribution in [3.8, 4) is 0 Å². The molecule has 1 aromatic heterocycles. The molecule has 0 N–H and O–H groups in total. The van der Waals surface area contributed by atoms with Crippen LogP contribution < -0.4 is 10.3 Å². The Morgan fingerprint density at radius 2 is 1.68 bits per heavy atom. The highest BCUT2D eigenvalue weighted by Crippen LogP contribution is 2.53. The molecule has 4 aromatic rings. The Morgan fingerprint density at radius 3 is 2.45 bits per heavy atom. The average molecular weight is 529 g/mol. The number of carbonyl (C=O) groups excluding carboxylic acids is 2. The van der Waals surface area contributed by atoms with Crippen LogP contribution in [0, 0.1) is 13.8 Å². The Balaban J connectivity index is 1.66. The molecule has 8 heteroatoms. The average Bonchev–Trinajstić information content (AvgIpc) is 3.30. The molecule has 1 unspecified atom stereocenters. The van der Waals surface area contributed by atoms with E-state index in [1.54, 1.807) is 35.2 Å². The van der Waals surface area contributed by atoms with Gasteiger partial charge in [0.25, 0.3) is 11.8 Å². The van der Waals surface area contributed by atoms with Gasteiger partial charge in [0.1, 0.15) is 5.58 Å². The number of ether oxygens (including phenoxy) is 1. The number of amides is 2. The van der Waals surface area contributed by atoms with Crippen LogP contribution in [0.15, 0.2) is 69.9 Å². The molecule has 38 heavy (non-hydrogen) atoms. The molecule has 3 aromatic carbocycles. The first-order chi connectivity index (χ1) is 18.3. The van der Waals surface area contributed by atoms with Crippen LogP contribution >= 0.6 is 11.6 Å². The van der Waals surface area contributed by atoms with Gasteiger partial charge >= 0.3 is 0 Å². The zero-order valence-electron chi connectivity index (χ0n) is 21.2. The number of halogens is 1. The predicted molar refractivity (Wildman–Crippen MR) is 145 cm³/mol. The van der Waals surface area contributed by atoms with E-state index < -0.39 is 17.4 Å². The van der Waals surface area contributed by atoms with Gasteiger partial charge in [0, 0.05) is 24.2 Å². The fourth-order valence-electron chi connectivity index (χ4n) is 5.68. The summed E-state index contributed by atoms with van der Waals surface area (Å²) in [6, 6.07) is 18.1. The van der Waals surface area contributed by atoms with E-state index in [2.05, 4.69) is 0 Å². The van der Waals surface area contributed by atoms with E-state index in [9.17, 15) is 14.4 Å². The van der Waals surface area contributed by atoms with Crippen molar-refractivity contribution in [3.05, 3.63) is 109 Å². The van der Waals surface area contributed by atoms with Gasteiger partial charge in [0.05, 0.1) is 29.8 Å². The minimum absolute atomic E-state index is 0.0495. The van der Waals surface area contributed by atoms with Crippen LogP contribution in [0.1, 0.15) is 38.4 Å². The molecule has 2 amide bonds. The van der Waals surface area contributed by atoms with Crippen molar-refractivity contribution < 1.29 is 18.7 Å². The monoisotopic (exact) mass is 528 g/mol. The molecule has 0 saturated heterocycles. The first kappa shape index (κ1) is 24.4. The van der Waals surface area contributed by atoms with Crippen molar-refractivity contribution in [2.45, 2.75) is 25.9 Å². The highest BCUT2D eigenvalue weighted by Gasteiger charge is 2.64. The molecule has 1 atom stereocenters. The van der Waals surface area contributed by atoms with E-state index >= 15 is 0 Å². The number of fused-ring (bicyclic) bond motifs is 5. The second-order valence-electron chi connectivity index (χ2n) is 9.73. The van der Waals surface area contributed by atoms with Crippen LogP contribution in [0.25, 0.3) is 11.0 Å². The number of benzene rings is 3. The summed E-state index contributed by atoms with van der Waals surface area (Å²) >= 11 is 6.46. The van der Waals surface area contributed by atoms with Crippen LogP contribution in [-0.2, 0) is 21.6 Å². The lowest BCUT2D eigenvalue weighted by atomic mass is 9.84. The summed E-state index contributed by atoms with van der Waals surface area (Å²) in [6.45, 7) is 4.27. The largest absolute Gasteiger partial charge is 0.450 e. The molecule has 3 heterocycles. The highest BCUT2D eigenvalue weighted by atomic mass is 35.5. The summed E-state index contributed by atoms with van der Waals surface area (Å²) in [5.41, 5.74) is 2.06. The molecule has 2 aliphatic heterocycles. The Bertz CT molecular complexity index is 1710. The van der Waals surface area contributed by atoms with Gasteiger partial charge in [0.15, 0.2) is 11.0 Å². The summed E-state index contributed by atoms with van der Waals surface area (Å²) in [6.07, 6.45) is 0. The maximum Gasteiger partial charge on any atom is 0.291 e. The number of aryl methyl sites for hydroxylation is 2. The number of nitrogens with zero attached hydrogens (tertiary/aromatic N) is 2. The van der Waals surface area contributed by atoms with Crippen molar-refractivity contribution in [1.29, 1.82) is 0 Å². The van der Waals surface area contributed by atoms with E-state index in [0.29, 0.717) is 27.2 Å². The Kier molecular flexibility index (Phi) is 5.67. The fraction of sp³-hybridized carbons (Fsp3) is 0.233. The molecule has 6 rings (SSSR count). The standard InChI is InChI=1S/C30H25ClN2O5/c1-17-14-20-24(15-18(17)2)38-27-25(26(20)34)30(33(28(27)35)12-13-37-3)21-9-5-7-11-23(21)32(29(30)36)16-19-8-4-6-10-22(19)31/h4-11,14-15H,12-13,16H2,1-3H3. The van der Waals surface area contributed by atoms with Gasteiger partial charge < -0.3 is 19.0 Å². The lowest BCUT2D eigenvalue weighted by Crippen LogP contribution is -2.54. The molecule has 2 aliphatic rings. The molecule has 0 bridgehead atoms.